The second kappa shape index (κ2) is 5.30. The molecule has 1 saturated carbocycles. The van der Waals surface area contributed by atoms with Crippen LogP contribution in [0.25, 0.3) is 10.4 Å². The lowest BCUT2D eigenvalue weighted by Crippen LogP contribution is -2.42. The van der Waals surface area contributed by atoms with E-state index in [9.17, 15) is 15.0 Å². The molecule has 19 heavy (non-hydrogen) atoms. The molecular weight excluding hydrogens is 246 g/mol. The molecule has 0 radical (unpaired) electrons. The lowest BCUT2D eigenvalue weighted by atomic mass is 9.80. The normalized spacial score (nSPS) is 25.3. The average molecular weight is 261 g/mol. The van der Waals surface area contributed by atoms with Gasteiger partial charge in [-0.05, 0) is 30.4 Å². The van der Waals surface area contributed by atoms with Crippen LogP contribution in [-0.4, -0.2) is 22.2 Å². The summed E-state index contributed by atoms with van der Waals surface area (Å²) in [5.41, 5.74) is 6.88. The number of aliphatic hydroxyl groups is 1. The van der Waals surface area contributed by atoms with Gasteiger partial charge in [0.05, 0.1) is 0 Å². The molecule has 1 aliphatic carbocycles. The van der Waals surface area contributed by atoms with Crippen molar-refractivity contribution < 1.29 is 15.0 Å². The van der Waals surface area contributed by atoms with Gasteiger partial charge in [0.2, 0.25) is 0 Å². The third-order valence-corrected chi connectivity index (χ3v) is 3.75. The van der Waals surface area contributed by atoms with Gasteiger partial charge in [0.25, 0.3) is 0 Å². The van der Waals surface area contributed by atoms with Crippen molar-refractivity contribution in [2.24, 2.45) is 11.0 Å². The van der Waals surface area contributed by atoms with Crippen LogP contribution in [0.2, 0.25) is 0 Å². The van der Waals surface area contributed by atoms with Gasteiger partial charge >= 0.3 is 5.97 Å². The molecule has 3 atom stereocenters. The van der Waals surface area contributed by atoms with E-state index in [1.807, 2.05) is 0 Å². The van der Waals surface area contributed by atoms with E-state index in [0.29, 0.717) is 24.8 Å². The molecule has 6 nitrogen and oxygen atoms in total. The standard InChI is InChI=1S/C13H15N3O3/c14-16-15-11-7-6-10(8-11)13(19,12(17)18)9-4-2-1-3-5-9/h1-5,10-11,19H,6-8H2,(H,17,18)/t10?,11?,13-/m0/s1. The molecule has 1 aliphatic rings. The zero-order chi connectivity index (χ0) is 13.9. The Labute approximate surface area is 110 Å². The summed E-state index contributed by atoms with van der Waals surface area (Å²) in [6.45, 7) is 0. The molecule has 1 fully saturated rings. The van der Waals surface area contributed by atoms with Crippen LogP contribution >= 0.6 is 0 Å². The summed E-state index contributed by atoms with van der Waals surface area (Å²) in [6.07, 6.45) is 1.53. The number of nitrogens with zero attached hydrogens (tertiary/aromatic N) is 3. The highest BCUT2D eigenvalue weighted by Crippen LogP contribution is 2.41. The van der Waals surface area contributed by atoms with Crippen molar-refractivity contribution in [1.82, 2.24) is 0 Å². The van der Waals surface area contributed by atoms with Gasteiger partial charge in [-0.25, -0.2) is 4.79 Å². The quantitative estimate of drug-likeness (QED) is 0.493. The lowest BCUT2D eigenvalue weighted by Gasteiger charge is -2.30. The fourth-order valence-corrected chi connectivity index (χ4v) is 2.74. The van der Waals surface area contributed by atoms with Gasteiger partial charge in [-0.2, -0.15) is 0 Å². The second-order valence-electron chi connectivity index (χ2n) is 4.81. The van der Waals surface area contributed by atoms with Crippen molar-refractivity contribution >= 4 is 5.97 Å². The second-order valence-corrected chi connectivity index (χ2v) is 4.81. The largest absolute Gasteiger partial charge is 0.479 e. The van der Waals surface area contributed by atoms with Crippen molar-refractivity contribution in [3.05, 3.63) is 46.3 Å². The molecule has 1 aromatic carbocycles. The van der Waals surface area contributed by atoms with Gasteiger partial charge in [-0.3, -0.25) is 0 Å². The summed E-state index contributed by atoms with van der Waals surface area (Å²) in [4.78, 5) is 14.3. The Morgan fingerprint density at radius 2 is 2.05 bits per heavy atom. The van der Waals surface area contributed by atoms with E-state index in [2.05, 4.69) is 10.0 Å². The van der Waals surface area contributed by atoms with E-state index in [0.717, 1.165) is 0 Å². The first kappa shape index (κ1) is 13.4. The molecule has 2 N–H and O–H groups in total. The van der Waals surface area contributed by atoms with Gasteiger partial charge in [0, 0.05) is 16.9 Å². The molecular formula is C13H15N3O3. The van der Waals surface area contributed by atoms with Crippen molar-refractivity contribution in [3.63, 3.8) is 0 Å². The Morgan fingerprint density at radius 1 is 1.37 bits per heavy atom. The molecule has 6 heteroatoms. The number of hydrogen-bond acceptors (Lipinski definition) is 3. The monoisotopic (exact) mass is 261 g/mol. The fraction of sp³-hybridized carbons (Fsp3) is 0.462. The Hall–Kier alpha value is -2.04. The minimum Gasteiger partial charge on any atom is -0.479 e. The Bertz CT molecular complexity index is 513. The number of azide groups is 1. The van der Waals surface area contributed by atoms with Crippen LogP contribution in [-0.2, 0) is 10.4 Å². The van der Waals surface area contributed by atoms with Gasteiger partial charge in [0.15, 0.2) is 5.60 Å². The van der Waals surface area contributed by atoms with Crippen LogP contribution in [0.3, 0.4) is 0 Å². The first-order chi connectivity index (χ1) is 9.09. The molecule has 0 aromatic heterocycles. The van der Waals surface area contributed by atoms with E-state index < -0.39 is 17.5 Å². The minimum atomic E-state index is -1.92. The molecule has 0 bridgehead atoms. The summed E-state index contributed by atoms with van der Waals surface area (Å²) in [7, 11) is 0. The summed E-state index contributed by atoms with van der Waals surface area (Å²) >= 11 is 0. The molecule has 2 rings (SSSR count). The number of benzene rings is 1. The fourth-order valence-electron chi connectivity index (χ4n) is 2.74. The Balaban J connectivity index is 2.31. The molecule has 0 heterocycles. The molecule has 0 saturated heterocycles. The topological polar surface area (TPSA) is 106 Å². The van der Waals surface area contributed by atoms with E-state index in [-0.39, 0.29) is 6.04 Å². The highest BCUT2D eigenvalue weighted by Gasteiger charge is 2.48. The maximum absolute atomic E-state index is 11.5. The number of hydrogen-bond donors (Lipinski definition) is 2. The molecule has 0 aliphatic heterocycles. The first-order valence-corrected chi connectivity index (χ1v) is 6.14. The predicted molar refractivity (Wildman–Crippen MR) is 68.2 cm³/mol. The highest BCUT2D eigenvalue weighted by atomic mass is 16.4. The zero-order valence-corrected chi connectivity index (χ0v) is 10.3. The minimum absolute atomic E-state index is 0.232. The molecule has 0 spiro atoms. The van der Waals surface area contributed by atoms with E-state index >= 15 is 0 Å². The van der Waals surface area contributed by atoms with Gasteiger partial charge in [-0.15, -0.1) is 0 Å². The van der Waals surface area contributed by atoms with Crippen LogP contribution < -0.4 is 0 Å². The maximum Gasteiger partial charge on any atom is 0.340 e. The average Bonchev–Trinajstić information content (AvgIpc) is 2.88. The number of carboxylic acid groups (broad SMARTS) is 1. The van der Waals surface area contributed by atoms with Crippen molar-refractivity contribution in [2.45, 2.75) is 30.9 Å². The summed E-state index contributed by atoms with van der Waals surface area (Å²) in [5.74, 6) is -1.70. The van der Waals surface area contributed by atoms with Crippen LogP contribution in [0.5, 0.6) is 0 Å². The molecule has 2 unspecified atom stereocenters. The maximum atomic E-state index is 11.5. The zero-order valence-electron chi connectivity index (χ0n) is 10.3. The molecule has 0 amide bonds. The third-order valence-electron chi connectivity index (χ3n) is 3.75. The Kier molecular flexibility index (Phi) is 3.74. The van der Waals surface area contributed by atoms with Gasteiger partial charge in [-0.1, -0.05) is 35.4 Å². The highest BCUT2D eigenvalue weighted by molar-refractivity contribution is 5.79. The van der Waals surface area contributed by atoms with E-state index in [4.69, 9.17) is 5.53 Å². The SMILES string of the molecule is [N-]=[N+]=NC1CCC([C@](O)(C(=O)O)c2ccccc2)C1. The summed E-state index contributed by atoms with van der Waals surface area (Å²) < 4.78 is 0. The van der Waals surface area contributed by atoms with Crippen molar-refractivity contribution in [1.29, 1.82) is 0 Å². The van der Waals surface area contributed by atoms with Crippen LogP contribution in [0.1, 0.15) is 24.8 Å². The molecule has 1 aromatic rings. The van der Waals surface area contributed by atoms with Gasteiger partial charge in [0.1, 0.15) is 0 Å². The summed E-state index contributed by atoms with van der Waals surface area (Å²) in [6, 6.07) is 8.14. The number of aliphatic carboxylic acids is 1. The molecule has 100 valence electrons. The van der Waals surface area contributed by atoms with Crippen LogP contribution in [0, 0.1) is 5.92 Å². The first-order valence-electron chi connectivity index (χ1n) is 6.14. The predicted octanol–water partition coefficient (Wildman–Crippen LogP) is 2.44. The number of carboxylic acids is 1. The van der Waals surface area contributed by atoms with E-state index in [1.165, 1.54) is 0 Å². The van der Waals surface area contributed by atoms with Crippen LogP contribution in [0.15, 0.2) is 35.4 Å². The number of carbonyl (C=O) groups is 1. The van der Waals surface area contributed by atoms with Crippen molar-refractivity contribution in [3.8, 4) is 0 Å². The number of rotatable bonds is 4. The van der Waals surface area contributed by atoms with Crippen LogP contribution in [0.4, 0.5) is 0 Å². The lowest BCUT2D eigenvalue weighted by molar-refractivity contribution is -0.166. The Morgan fingerprint density at radius 3 is 2.63 bits per heavy atom. The van der Waals surface area contributed by atoms with Crippen molar-refractivity contribution in [2.75, 3.05) is 0 Å². The smallest absolute Gasteiger partial charge is 0.340 e. The van der Waals surface area contributed by atoms with Gasteiger partial charge < -0.3 is 10.2 Å². The van der Waals surface area contributed by atoms with E-state index in [1.54, 1.807) is 30.3 Å². The third kappa shape index (κ3) is 2.41. The summed E-state index contributed by atoms with van der Waals surface area (Å²) in [5, 5.41) is 23.6.